The second kappa shape index (κ2) is 13.7. The van der Waals surface area contributed by atoms with Crippen molar-refractivity contribution < 1.29 is 22.7 Å². The third-order valence-electron chi connectivity index (χ3n) is 5.90. The molecule has 39 heavy (non-hydrogen) atoms. The van der Waals surface area contributed by atoms with E-state index in [0.29, 0.717) is 34.5 Å². The SMILES string of the molecule is CCNC(=O)C(C)N(Cc1ccc(Cl)c(Cl)c1)C(=O)CN(c1ccc(OCC)cc1)S(=O)(=O)c1ccccc1. The standard InChI is InChI=1S/C28H31Cl2N3O5S/c1-4-31-28(35)20(3)32(18-21-11-16-25(29)26(30)17-21)27(34)19-33(22-12-14-23(15-13-22)38-5-2)39(36,37)24-9-7-6-8-10-24/h6-17,20H,4-5,18-19H2,1-3H3,(H,31,35). The smallest absolute Gasteiger partial charge is 0.264 e. The zero-order valence-corrected chi connectivity index (χ0v) is 24.3. The topological polar surface area (TPSA) is 96.0 Å². The Balaban J connectivity index is 2.02. The third-order valence-corrected chi connectivity index (χ3v) is 8.43. The summed E-state index contributed by atoms with van der Waals surface area (Å²) in [7, 11) is -4.14. The number of nitrogens with one attached hydrogen (secondary N) is 1. The molecular weight excluding hydrogens is 561 g/mol. The fourth-order valence-corrected chi connectivity index (χ4v) is 5.62. The number of benzene rings is 3. The van der Waals surface area contributed by atoms with Gasteiger partial charge in [0, 0.05) is 13.1 Å². The van der Waals surface area contributed by atoms with Crippen molar-refractivity contribution in [2.45, 2.75) is 38.3 Å². The molecule has 3 aromatic carbocycles. The summed E-state index contributed by atoms with van der Waals surface area (Å²) in [6.07, 6.45) is 0. The van der Waals surface area contributed by atoms with Gasteiger partial charge in [-0.2, -0.15) is 0 Å². The van der Waals surface area contributed by atoms with E-state index in [9.17, 15) is 18.0 Å². The van der Waals surface area contributed by atoms with Gasteiger partial charge in [-0.25, -0.2) is 8.42 Å². The van der Waals surface area contributed by atoms with Gasteiger partial charge in [0.2, 0.25) is 11.8 Å². The Labute approximate surface area is 239 Å². The van der Waals surface area contributed by atoms with Gasteiger partial charge in [0.15, 0.2) is 0 Å². The minimum Gasteiger partial charge on any atom is -0.494 e. The van der Waals surface area contributed by atoms with Crippen molar-refractivity contribution in [3.63, 3.8) is 0 Å². The molecule has 8 nitrogen and oxygen atoms in total. The first kappa shape index (κ1) is 30.3. The van der Waals surface area contributed by atoms with Crippen LogP contribution in [-0.4, -0.2) is 50.9 Å². The molecule has 0 saturated carbocycles. The highest BCUT2D eigenvalue weighted by molar-refractivity contribution is 7.92. The maximum Gasteiger partial charge on any atom is 0.264 e. The van der Waals surface area contributed by atoms with E-state index < -0.39 is 28.5 Å². The van der Waals surface area contributed by atoms with E-state index in [4.69, 9.17) is 27.9 Å². The predicted molar refractivity (Wildman–Crippen MR) is 154 cm³/mol. The van der Waals surface area contributed by atoms with Gasteiger partial charge < -0.3 is 15.0 Å². The normalized spacial score (nSPS) is 11.9. The van der Waals surface area contributed by atoms with Crippen molar-refractivity contribution in [2.24, 2.45) is 0 Å². The molecule has 0 fully saturated rings. The van der Waals surface area contributed by atoms with Crippen molar-refractivity contribution in [2.75, 3.05) is 24.0 Å². The van der Waals surface area contributed by atoms with Gasteiger partial charge in [-0.3, -0.25) is 13.9 Å². The molecule has 0 radical (unpaired) electrons. The lowest BCUT2D eigenvalue weighted by atomic mass is 10.1. The molecule has 3 aromatic rings. The van der Waals surface area contributed by atoms with E-state index in [2.05, 4.69) is 5.32 Å². The van der Waals surface area contributed by atoms with Crippen LogP contribution in [0.3, 0.4) is 0 Å². The van der Waals surface area contributed by atoms with Gasteiger partial charge in [0.25, 0.3) is 10.0 Å². The van der Waals surface area contributed by atoms with Crippen LogP contribution in [0.4, 0.5) is 5.69 Å². The Bertz CT molecular complexity index is 1390. The second-order valence-electron chi connectivity index (χ2n) is 8.59. The fourth-order valence-electron chi connectivity index (χ4n) is 3.86. The van der Waals surface area contributed by atoms with Crippen LogP contribution >= 0.6 is 23.2 Å². The van der Waals surface area contributed by atoms with Gasteiger partial charge in [-0.1, -0.05) is 47.5 Å². The summed E-state index contributed by atoms with van der Waals surface area (Å²) in [6, 6.07) is 18.3. The Hall–Kier alpha value is -3.27. The van der Waals surface area contributed by atoms with Crippen LogP contribution in [0.15, 0.2) is 77.7 Å². The van der Waals surface area contributed by atoms with Crippen LogP contribution in [0.25, 0.3) is 0 Å². The predicted octanol–water partition coefficient (Wildman–Crippen LogP) is 5.14. The van der Waals surface area contributed by atoms with Crippen LogP contribution in [0.1, 0.15) is 26.3 Å². The molecule has 208 valence electrons. The molecule has 0 saturated heterocycles. The molecule has 0 aromatic heterocycles. The highest BCUT2D eigenvalue weighted by Gasteiger charge is 2.32. The van der Waals surface area contributed by atoms with Crippen molar-refractivity contribution in [3.8, 4) is 5.75 Å². The lowest BCUT2D eigenvalue weighted by Crippen LogP contribution is -2.51. The molecule has 1 unspecified atom stereocenters. The Kier molecular flexibility index (Phi) is 10.6. The molecule has 3 rings (SSSR count). The van der Waals surface area contributed by atoms with Gasteiger partial charge in [-0.05, 0) is 74.9 Å². The Morgan fingerprint density at radius 3 is 2.21 bits per heavy atom. The monoisotopic (exact) mass is 591 g/mol. The number of likely N-dealkylation sites (N-methyl/N-ethyl adjacent to an activating group) is 1. The van der Waals surface area contributed by atoms with E-state index in [1.807, 2.05) is 6.92 Å². The van der Waals surface area contributed by atoms with E-state index in [1.165, 1.54) is 17.0 Å². The summed E-state index contributed by atoms with van der Waals surface area (Å²) >= 11 is 12.2. The summed E-state index contributed by atoms with van der Waals surface area (Å²) < 4.78 is 34.0. The largest absolute Gasteiger partial charge is 0.494 e. The molecule has 0 aliphatic heterocycles. The second-order valence-corrected chi connectivity index (χ2v) is 11.3. The number of rotatable bonds is 12. The summed E-state index contributed by atoms with van der Waals surface area (Å²) in [5.41, 5.74) is 0.906. The number of amides is 2. The molecule has 0 aliphatic carbocycles. The Morgan fingerprint density at radius 2 is 1.62 bits per heavy atom. The number of sulfonamides is 1. The van der Waals surface area contributed by atoms with E-state index >= 15 is 0 Å². The first-order valence-electron chi connectivity index (χ1n) is 12.4. The third kappa shape index (κ3) is 7.65. The van der Waals surface area contributed by atoms with Crippen LogP contribution < -0.4 is 14.4 Å². The molecule has 1 atom stereocenters. The summed E-state index contributed by atoms with van der Waals surface area (Å²) in [4.78, 5) is 28.0. The van der Waals surface area contributed by atoms with E-state index in [1.54, 1.807) is 74.5 Å². The minimum absolute atomic E-state index is 0.0104. The highest BCUT2D eigenvalue weighted by Crippen LogP contribution is 2.27. The van der Waals surface area contributed by atoms with Crippen molar-refractivity contribution in [3.05, 3.63) is 88.4 Å². The first-order valence-corrected chi connectivity index (χ1v) is 14.6. The number of hydrogen-bond acceptors (Lipinski definition) is 5. The molecule has 1 N–H and O–H groups in total. The lowest BCUT2D eigenvalue weighted by molar-refractivity contribution is -0.139. The number of nitrogens with zero attached hydrogens (tertiary/aromatic N) is 2. The van der Waals surface area contributed by atoms with Gasteiger partial charge in [-0.15, -0.1) is 0 Å². The maximum atomic E-state index is 13.8. The van der Waals surface area contributed by atoms with Crippen LogP contribution in [0.5, 0.6) is 5.75 Å². The average Bonchev–Trinajstić information content (AvgIpc) is 2.93. The number of hydrogen-bond donors (Lipinski definition) is 1. The summed E-state index contributed by atoms with van der Waals surface area (Å²) in [5.74, 6) is -0.381. The number of ether oxygens (including phenoxy) is 1. The zero-order valence-electron chi connectivity index (χ0n) is 21.9. The summed E-state index contributed by atoms with van der Waals surface area (Å²) in [6.45, 7) is 5.50. The summed E-state index contributed by atoms with van der Waals surface area (Å²) in [5, 5.41) is 3.37. The van der Waals surface area contributed by atoms with Crippen LogP contribution in [0.2, 0.25) is 10.0 Å². The van der Waals surface area contributed by atoms with E-state index in [0.717, 1.165) is 4.31 Å². The fraction of sp³-hybridized carbons (Fsp3) is 0.286. The first-order chi connectivity index (χ1) is 18.6. The average molecular weight is 593 g/mol. The van der Waals surface area contributed by atoms with Crippen LogP contribution in [0, 0.1) is 0 Å². The van der Waals surface area contributed by atoms with E-state index in [-0.39, 0.29) is 23.0 Å². The Morgan fingerprint density at radius 1 is 0.949 bits per heavy atom. The molecule has 0 aliphatic rings. The highest BCUT2D eigenvalue weighted by atomic mass is 35.5. The quantitative estimate of drug-likeness (QED) is 0.314. The van der Waals surface area contributed by atoms with Gasteiger partial charge in [0.1, 0.15) is 18.3 Å². The number of carbonyl (C=O) groups is 2. The molecule has 2 amide bonds. The molecule has 0 bridgehead atoms. The molecule has 11 heteroatoms. The number of halogens is 2. The molecule has 0 spiro atoms. The van der Waals surface area contributed by atoms with Crippen molar-refractivity contribution in [1.29, 1.82) is 0 Å². The molecular formula is C28H31Cl2N3O5S. The molecule has 0 heterocycles. The minimum atomic E-state index is -4.14. The lowest BCUT2D eigenvalue weighted by Gasteiger charge is -2.32. The van der Waals surface area contributed by atoms with Crippen molar-refractivity contribution in [1.82, 2.24) is 10.2 Å². The maximum absolute atomic E-state index is 13.8. The van der Waals surface area contributed by atoms with Gasteiger partial charge >= 0.3 is 0 Å². The van der Waals surface area contributed by atoms with Gasteiger partial charge in [0.05, 0.1) is 27.2 Å². The van der Waals surface area contributed by atoms with Crippen molar-refractivity contribution >= 4 is 50.7 Å². The number of carbonyl (C=O) groups excluding carboxylic acids is 2. The zero-order chi connectivity index (χ0) is 28.6. The number of anilines is 1. The van der Waals surface area contributed by atoms with Crippen LogP contribution in [-0.2, 0) is 26.2 Å².